The Kier molecular flexibility index (Phi) is 9.40. The number of sulfonamides is 1. The number of pyridine rings is 1. The van der Waals surface area contributed by atoms with E-state index in [0.717, 1.165) is 12.8 Å². The molecule has 2 N–H and O–H groups in total. The number of hydrogen-bond acceptors (Lipinski definition) is 10. The molecule has 4 heterocycles. The Balaban J connectivity index is 1.33. The zero-order valence-corrected chi connectivity index (χ0v) is 24.5. The first kappa shape index (κ1) is 29.3. The lowest BCUT2D eigenvalue weighted by atomic mass is 10.1. The van der Waals surface area contributed by atoms with Crippen LogP contribution in [0.1, 0.15) is 67.0 Å². The summed E-state index contributed by atoms with van der Waals surface area (Å²) in [5, 5.41) is 2.84. The zero-order chi connectivity index (χ0) is 28.8. The highest BCUT2D eigenvalue weighted by molar-refractivity contribution is 7.93. The number of amides is 1. The summed E-state index contributed by atoms with van der Waals surface area (Å²) in [5.41, 5.74) is 1.45. The quantitative estimate of drug-likeness (QED) is 0.315. The van der Waals surface area contributed by atoms with Gasteiger partial charge in [0, 0.05) is 32.0 Å². The van der Waals surface area contributed by atoms with Crippen molar-refractivity contribution in [2.24, 2.45) is 0 Å². The number of anilines is 1. The van der Waals surface area contributed by atoms with Gasteiger partial charge in [0.05, 0.1) is 46.6 Å². The van der Waals surface area contributed by atoms with E-state index < -0.39 is 33.4 Å². The van der Waals surface area contributed by atoms with Crippen molar-refractivity contribution in [3.8, 4) is 16.5 Å². The van der Waals surface area contributed by atoms with Crippen LogP contribution in [-0.2, 0) is 10.0 Å². The molecule has 2 fully saturated rings. The number of nitrogens with zero attached hydrogens (tertiary/aromatic N) is 5. The third-order valence-electron chi connectivity index (χ3n) is 7.25. The Bertz CT molecular complexity index is 1450. The molecule has 1 aliphatic carbocycles. The molecule has 3 aromatic heterocycles. The molecule has 11 nitrogen and oxygen atoms in total. The van der Waals surface area contributed by atoms with Gasteiger partial charge in [0.25, 0.3) is 5.91 Å². The molecular formula is C27H34FN7O4S2. The minimum absolute atomic E-state index is 0.233. The smallest absolute Gasteiger partial charge is 0.280 e. The second kappa shape index (κ2) is 13.2. The fourth-order valence-corrected chi connectivity index (χ4v) is 7.49. The number of thiazole rings is 1. The molecule has 2 aliphatic rings. The lowest BCUT2D eigenvalue weighted by Crippen LogP contribution is -2.33. The number of hydrogen-bond donors (Lipinski definition) is 2. The molecule has 1 amide bonds. The Morgan fingerprint density at radius 3 is 2.80 bits per heavy atom. The highest BCUT2D eigenvalue weighted by Crippen LogP contribution is 2.29. The SMILES string of the molecule is CCOc1cncc(-c2cnc(C(=O)NC(CCN3CC[C@@H](F)C3)c3cc(NS(=O)(=O)C4CCCC4)ccn3)s2)n1. The molecule has 1 saturated carbocycles. The van der Waals surface area contributed by atoms with Crippen LogP contribution in [0.15, 0.2) is 36.9 Å². The summed E-state index contributed by atoms with van der Waals surface area (Å²) in [4.78, 5) is 33.3. The van der Waals surface area contributed by atoms with E-state index in [-0.39, 0.29) is 5.01 Å². The molecular weight excluding hydrogens is 569 g/mol. The second-order valence-corrected chi connectivity index (χ2v) is 13.2. The van der Waals surface area contributed by atoms with Gasteiger partial charge < -0.3 is 15.0 Å². The van der Waals surface area contributed by atoms with E-state index in [1.54, 1.807) is 24.5 Å². The van der Waals surface area contributed by atoms with Crippen LogP contribution >= 0.6 is 11.3 Å². The largest absolute Gasteiger partial charge is 0.477 e. The van der Waals surface area contributed by atoms with E-state index in [1.165, 1.54) is 23.7 Å². The van der Waals surface area contributed by atoms with E-state index in [0.29, 0.717) is 79.8 Å². The minimum atomic E-state index is -3.53. The average Bonchev–Trinajstić information content (AvgIpc) is 3.74. The van der Waals surface area contributed by atoms with Crippen LogP contribution in [0, 0.1) is 0 Å². The number of carbonyl (C=O) groups is 1. The molecule has 5 rings (SSSR count). The standard InChI is InChI=1S/C27H34FN7O4S2/c1-2-39-25-16-29-14-23(32-25)24-15-31-27(40-24)26(36)33-21(9-12-35-11-8-18(28)17-35)22-13-19(7-10-30-22)34-41(37,38)20-5-3-4-6-20/h7,10,13-16,18,20-21H,2-6,8-9,11-12,17H2,1H3,(H,30,34)(H,33,36)/t18-,21?/m1/s1. The van der Waals surface area contributed by atoms with Crippen LogP contribution < -0.4 is 14.8 Å². The molecule has 1 unspecified atom stereocenters. The van der Waals surface area contributed by atoms with Gasteiger partial charge in [0.1, 0.15) is 11.9 Å². The van der Waals surface area contributed by atoms with Crippen molar-refractivity contribution < 1.29 is 22.3 Å². The molecule has 41 heavy (non-hydrogen) atoms. The highest BCUT2D eigenvalue weighted by Gasteiger charge is 2.29. The van der Waals surface area contributed by atoms with E-state index >= 15 is 0 Å². The first-order chi connectivity index (χ1) is 19.8. The van der Waals surface area contributed by atoms with Crippen LogP contribution in [0.2, 0.25) is 0 Å². The van der Waals surface area contributed by atoms with Gasteiger partial charge in [-0.15, -0.1) is 11.3 Å². The molecule has 2 atom stereocenters. The lowest BCUT2D eigenvalue weighted by Gasteiger charge is -2.22. The van der Waals surface area contributed by atoms with E-state index in [2.05, 4.69) is 30.0 Å². The van der Waals surface area contributed by atoms with Gasteiger partial charge in [-0.25, -0.2) is 22.8 Å². The molecule has 220 valence electrons. The summed E-state index contributed by atoms with van der Waals surface area (Å²) >= 11 is 1.17. The number of nitrogens with one attached hydrogen (secondary N) is 2. The van der Waals surface area contributed by atoms with Crippen molar-refractivity contribution >= 4 is 33.0 Å². The molecule has 0 spiro atoms. The van der Waals surface area contributed by atoms with Gasteiger partial charge in [0.2, 0.25) is 15.9 Å². The number of aromatic nitrogens is 4. The summed E-state index contributed by atoms with van der Waals surface area (Å²) in [6.45, 7) is 3.86. The molecule has 14 heteroatoms. The van der Waals surface area contributed by atoms with Crippen LogP contribution in [0.4, 0.5) is 10.1 Å². The Morgan fingerprint density at radius 1 is 1.22 bits per heavy atom. The fourth-order valence-electron chi connectivity index (χ4n) is 5.14. The number of halogens is 1. The molecule has 3 aromatic rings. The number of ether oxygens (including phenoxy) is 1. The van der Waals surface area contributed by atoms with E-state index in [9.17, 15) is 17.6 Å². The van der Waals surface area contributed by atoms with Gasteiger partial charge in [-0.1, -0.05) is 12.8 Å². The second-order valence-electron chi connectivity index (χ2n) is 10.2. The van der Waals surface area contributed by atoms with Gasteiger partial charge in [-0.3, -0.25) is 19.5 Å². The Labute approximate surface area is 243 Å². The minimum Gasteiger partial charge on any atom is -0.477 e. The van der Waals surface area contributed by atoms with Gasteiger partial charge >= 0.3 is 0 Å². The van der Waals surface area contributed by atoms with Crippen molar-refractivity contribution in [1.29, 1.82) is 0 Å². The normalized spacial score (nSPS) is 18.8. The van der Waals surface area contributed by atoms with Gasteiger partial charge in [-0.05, 0) is 44.7 Å². The Hall–Kier alpha value is -3.23. The maximum absolute atomic E-state index is 13.8. The number of carbonyl (C=O) groups excluding carboxylic acids is 1. The number of rotatable bonds is 12. The highest BCUT2D eigenvalue weighted by atomic mass is 32.2. The number of likely N-dealkylation sites (tertiary alicyclic amines) is 1. The maximum Gasteiger partial charge on any atom is 0.280 e. The van der Waals surface area contributed by atoms with E-state index in [1.807, 2.05) is 11.8 Å². The van der Waals surface area contributed by atoms with Crippen molar-refractivity contribution in [2.45, 2.75) is 62.9 Å². The summed E-state index contributed by atoms with van der Waals surface area (Å²) in [6.07, 6.45) is 9.39. The topological polar surface area (TPSA) is 139 Å². The predicted octanol–water partition coefficient (Wildman–Crippen LogP) is 3.98. The van der Waals surface area contributed by atoms with Gasteiger partial charge in [0.15, 0.2) is 5.01 Å². The van der Waals surface area contributed by atoms with Crippen LogP contribution in [0.25, 0.3) is 10.6 Å². The molecule has 1 saturated heterocycles. The van der Waals surface area contributed by atoms with Crippen molar-refractivity contribution in [2.75, 3.05) is 31.0 Å². The third kappa shape index (κ3) is 7.54. The summed E-state index contributed by atoms with van der Waals surface area (Å²) < 4.78 is 47.7. The first-order valence-corrected chi connectivity index (χ1v) is 16.2. The average molecular weight is 604 g/mol. The number of alkyl halides is 1. The van der Waals surface area contributed by atoms with Crippen LogP contribution in [0.5, 0.6) is 5.88 Å². The lowest BCUT2D eigenvalue weighted by molar-refractivity contribution is 0.0930. The van der Waals surface area contributed by atoms with Crippen LogP contribution in [-0.4, -0.2) is 76.8 Å². The zero-order valence-electron chi connectivity index (χ0n) is 22.8. The van der Waals surface area contributed by atoms with Crippen molar-refractivity contribution in [3.05, 3.63) is 47.6 Å². The fraction of sp³-hybridized carbons (Fsp3) is 0.519. The van der Waals surface area contributed by atoms with Gasteiger partial charge in [-0.2, -0.15) is 0 Å². The molecule has 0 radical (unpaired) electrons. The summed E-state index contributed by atoms with van der Waals surface area (Å²) in [6, 6.07) is 2.71. The molecule has 1 aliphatic heterocycles. The summed E-state index contributed by atoms with van der Waals surface area (Å²) in [5.74, 6) is -0.0138. The predicted molar refractivity (Wildman–Crippen MR) is 154 cm³/mol. The van der Waals surface area contributed by atoms with E-state index in [4.69, 9.17) is 4.74 Å². The van der Waals surface area contributed by atoms with Crippen molar-refractivity contribution in [1.82, 2.24) is 30.2 Å². The molecule has 0 bridgehead atoms. The van der Waals surface area contributed by atoms with Crippen LogP contribution in [0.3, 0.4) is 0 Å². The molecule has 0 aromatic carbocycles. The maximum atomic E-state index is 13.8. The first-order valence-electron chi connectivity index (χ1n) is 13.9. The monoisotopic (exact) mass is 603 g/mol. The Morgan fingerprint density at radius 2 is 2.05 bits per heavy atom. The summed E-state index contributed by atoms with van der Waals surface area (Å²) in [7, 11) is -3.53. The third-order valence-corrected chi connectivity index (χ3v) is 10.1. The van der Waals surface area contributed by atoms with Crippen molar-refractivity contribution in [3.63, 3.8) is 0 Å².